The average molecular weight is 405 g/mol. The molecule has 3 aromatic rings. The minimum atomic E-state index is -3.65. The number of rotatable bonds is 6. The summed E-state index contributed by atoms with van der Waals surface area (Å²) >= 11 is 1.10. The predicted octanol–water partition coefficient (Wildman–Crippen LogP) is 2.88. The molecule has 0 radical (unpaired) electrons. The number of nitrogens with one attached hydrogen (secondary N) is 1. The quantitative estimate of drug-likeness (QED) is 0.672. The molecule has 1 saturated carbocycles. The molecule has 0 unspecified atom stereocenters. The summed E-state index contributed by atoms with van der Waals surface area (Å²) in [5.74, 6) is 2.63. The molecule has 0 atom stereocenters. The second-order valence-electron chi connectivity index (χ2n) is 6.35. The summed E-state index contributed by atoms with van der Waals surface area (Å²) in [6, 6.07) is 8.56. The van der Waals surface area contributed by atoms with Gasteiger partial charge in [0.25, 0.3) is 5.89 Å². The van der Waals surface area contributed by atoms with Crippen LogP contribution in [0.5, 0.6) is 11.5 Å². The Morgan fingerprint density at radius 3 is 2.81 bits per heavy atom. The first-order valence-electron chi connectivity index (χ1n) is 8.40. The summed E-state index contributed by atoms with van der Waals surface area (Å²) in [6.07, 6.45) is 2.13. The summed E-state index contributed by atoms with van der Waals surface area (Å²) in [5.41, 5.74) is 0.783. The number of fused-ring (bicyclic) bond motifs is 1. The van der Waals surface area contributed by atoms with Crippen molar-refractivity contribution in [3.8, 4) is 22.3 Å². The van der Waals surface area contributed by atoms with E-state index in [4.69, 9.17) is 13.9 Å². The summed E-state index contributed by atoms with van der Waals surface area (Å²) in [4.78, 5) is 0.637. The van der Waals surface area contributed by atoms with Gasteiger partial charge in [-0.1, -0.05) is 6.07 Å². The van der Waals surface area contributed by atoms with Gasteiger partial charge in [-0.15, -0.1) is 21.5 Å². The lowest BCUT2D eigenvalue weighted by molar-refractivity contribution is 0.174. The number of aromatic nitrogens is 2. The maximum Gasteiger partial charge on any atom is 0.257 e. The number of hydrogen-bond acceptors (Lipinski definition) is 8. The topological polar surface area (TPSA) is 104 Å². The van der Waals surface area contributed by atoms with E-state index >= 15 is 0 Å². The Hall–Kier alpha value is -2.43. The fourth-order valence-electron chi connectivity index (χ4n) is 2.71. The molecule has 1 fully saturated rings. The third kappa shape index (κ3) is 3.31. The van der Waals surface area contributed by atoms with E-state index in [9.17, 15) is 8.42 Å². The second kappa shape index (κ2) is 6.32. The minimum absolute atomic E-state index is 0.151. The fraction of sp³-hybridized carbons (Fsp3) is 0.294. The van der Waals surface area contributed by atoms with Gasteiger partial charge >= 0.3 is 0 Å². The Morgan fingerprint density at radius 2 is 1.96 bits per heavy atom. The Morgan fingerprint density at radius 1 is 1.11 bits per heavy atom. The van der Waals surface area contributed by atoms with Crippen LogP contribution in [-0.2, 0) is 16.6 Å². The molecule has 3 heterocycles. The first kappa shape index (κ1) is 16.7. The molecule has 1 aliphatic heterocycles. The van der Waals surface area contributed by atoms with Crippen LogP contribution >= 0.6 is 11.3 Å². The molecule has 0 saturated heterocycles. The second-order valence-corrected chi connectivity index (χ2v) is 9.43. The molecule has 0 spiro atoms. The molecular weight excluding hydrogens is 390 g/mol. The van der Waals surface area contributed by atoms with Crippen molar-refractivity contribution in [2.45, 2.75) is 29.5 Å². The molecule has 2 aliphatic rings. The number of hydrogen-bond donors (Lipinski definition) is 1. The molecule has 0 amide bonds. The van der Waals surface area contributed by atoms with Crippen molar-refractivity contribution in [3.63, 3.8) is 0 Å². The minimum Gasteiger partial charge on any atom is -0.454 e. The van der Waals surface area contributed by atoms with Crippen LogP contribution in [0.15, 0.2) is 39.0 Å². The van der Waals surface area contributed by atoms with Gasteiger partial charge in [-0.25, -0.2) is 13.1 Å². The predicted molar refractivity (Wildman–Crippen MR) is 96.2 cm³/mol. The Bertz CT molecular complexity index is 1100. The molecule has 1 aromatic carbocycles. The van der Waals surface area contributed by atoms with Crippen LogP contribution in [0.25, 0.3) is 10.8 Å². The van der Waals surface area contributed by atoms with Crippen molar-refractivity contribution in [2.75, 3.05) is 6.79 Å². The zero-order chi connectivity index (χ0) is 18.4. The summed E-state index contributed by atoms with van der Waals surface area (Å²) in [7, 11) is -3.65. The highest BCUT2D eigenvalue weighted by Gasteiger charge is 2.30. The molecule has 1 aliphatic carbocycles. The highest BCUT2D eigenvalue weighted by atomic mass is 32.2. The van der Waals surface area contributed by atoms with Gasteiger partial charge in [0.05, 0.1) is 4.88 Å². The highest BCUT2D eigenvalue weighted by molar-refractivity contribution is 7.91. The number of benzene rings is 1. The molecule has 140 valence electrons. The molecule has 27 heavy (non-hydrogen) atoms. The van der Waals surface area contributed by atoms with Crippen LogP contribution in [-0.4, -0.2) is 25.4 Å². The molecule has 1 N–H and O–H groups in total. The van der Waals surface area contributed by atoms with E-state index in [1.165, 1.54) is 0 Å². The molecule has 8 nitrogen and oxygen atoms in total. The smallest absolute Gasteiger partial charge is 0.257 e. The van der Waals surface area contributed by atoms with Gasteiger partial charge in [-0.2, -0.15) is 0 Å². The van der Waals surface area contributed by atoms with Crippen molar-refractivity contribution in [3.05, 3.63) is 41.8 Å². The first-order chi connectivity index (χ1) is 13.1. The zero-order valence-electron chi connectivity index (χ0n) is 14.0. The van der Waals surface area contributed by atoms with Crippen molar-refractivity contribution in [2.24, 2.45) is 0 Å². The van der Waals surface area contributed by atoms with Crippen molar-refractivity contribution in [1.29, 1.82) is 0 Å². The van der Waals surface area contributed by atoms with E-state index in [1.807, 2.05) is 0 Å². The number of ether oxygens (including phenoxy) is 2. The average Bonchev–Trinajstić information content (AvgIpc) is 3.09. The monoisotopic (exact) mass is 405 g/mol. The zero-order valence-corrected chi connectivity index (χ0v) is 15.7. The third-order valence-corrected chi connectivity index (χ3v) is 7.29. The Labute approximate surface area is 159 Å². The van der Waals surface area contributed by atoms with Gasteiger partial charge in [0.2, 0.25) is 22.7 Å². The number of nitrogens with zero attached hydrogens (tertiary/aromatic N) is 2. The van der Waals surface area contributed by atoms with Crippen LogP contribution in [0.2, 0.25) is 0 Å². The maximum absolute atomic E-state index is 12.6. The van der Waals surface area contributed by atoms with Crippen LogP contribution in [0.1, 0.15) is 30.2 Å². The lowest BCUT2D eigenvalue weighted by Crippen LogP contribution is -2.22. The number of sulfonamides is 1. The number of thiophene rings is 1. The highest BCUT2D eigenvalue weighted by Crippen LogP contribution is 2.40. The molecule has 10 heteroatoms. The van der Waals surface area contributed by atoms with Crippen LogP contribution in [0, 0.1) is 0 Å². The summed E-state index contributed by atoms with van der Waals surface area (Å²) in [6.45, 7) is 0.333. The van der Waals surface area contributed by atoms with E-state index in [-0.39, 0.29) is 17.5 Å². The van der Waals surface area contributed by atoms with Crippen molar-refractivity contribution in [1.82, 2.24) is 14.9 Å². The van der Waals surface area contributed by atoms with E-state index in [0.29, 0.717) is 34.1 Å². The normalized spacial score (nSPS) is 16.0. The lowest BCUT2D eigenvalue weighted by atomic mass is 10.2. The van der Waals surface area contributed by atoms with Crippen molar-refractivity contribution < 1.29 is 22.3 Å². The molecule has 2 aromatic heterocycles. The van der Waals surface area contributed by atoms with Crippen molar-refractivity contribution >= 4 is 21.4 Å². The van der Waals surface area contributed by atoms with Gasteiger partial charge in [-0.3, -0.25) is 0 Å². The maximum atomic E-state index is 12.6. The van der Waals surface area contributed by atoms with Gasteiger partial charge in [0, 0.05) is 12.5 Å². The first-order valence-corrected chi connectivity index (χ1v) is 10.7. The molecule has 5 rings (SSSR count). The SMILES string of the molecule is O=S(=O)(NCc1ccc2c(c1)OCO2)c1ccc(-c2nnc(C3CC3)o2)s1. The standard InChI is InChI=1S/C17H15N3O5S2/c21-27(22,18-8-10-1-4-12-13(7-10)24-9-23-12)15-6-5-14(26-15)17-20-19-16(25-17)11-2-3-11/h1,4-7,11,18H,2-3,8-9H2. The molecular formula is C17H15N3O5S2. The van der Waals surface area contributed by atoms with Gasteiger partial charge in [0.15, 0.2) is 11.5 Å². The fourth-order valence-corrected chi connectivity index (χ4v) is 5.00. The van der Waals surface area contributed by atoms with E-state index in [1.54, 1.807) is 30.3 Å². The van der Waals surface area contributed by atoms with E-state index in [0.717, 1.165) is 29.7 Å². The molecule has 0 bridgehead atoms. The third-order valence-electron chi connectivity index (χ3n) is 4.33. The van der Waals surface area contributed by atoms with E-state index in [2.05, 4.69) is 14.9 Å². The van der Waals surface area contributed by atoms with Crippen LogP contribution in [0.4, 0.5) is 0 Å². The largest absolute Gasteiger partial charge is 0.454 e. The summed E-state index contributed by atoms with van der Waals surface area (Å²) < 4.78 is 44.2. The van der Waals surface area contributed by atoms with Gasteiger partial charge < -0.3 is 13.9 Å². The Kier molecular flexibility index (Phi) is 3.92. The van der Waals surface area contributed by atoms with Crippen LogP contribution < -0.4 is 14.2 Å². The van der Waals surface area contributed by atoms with Crippen LogP contribution in [0.3, 0.4) is 0 Å². The lowest BCUT2D eigenvalue weighted by Gasteiger charge is -2.05. The summed E-state index contributed by atoms with van der Waals surface area (Å²) in [5, 5.41) is 8.06. The van der Waals surface area contributed by atoms with Gasteiger partial charge in [-0.05, 0) is 42.7 Å². The Balaban J connectivity index is 1.30. The van der Waals surface area contributed by atoms with Gasteiger partial charge in [0.1, 0.15) is 4.21 Å². The van der Waals surface area contributed by atoms with E-state index < -0.39 is 10.0 Å².